The quantitative estimate of drug-likeness (QED) is 0.761. The van der Waals surface area contributed by atoms with Crippen molar-refractivity contribution >= 4 is 5.82 Å². The zero-order chi connectivity index (χ0) is 12.8. The van der Waals surface area contributed by atoms with Gasteiger partial charge in [0, 0.05) is 0 Å². The Morgan fingerprint density at radius 1 is 0.833 bits per heavy atom. The van der Waals surface area contributed by atoms with Gasteiger partial charge in [-0.25, -0.2) is 9.97 Å². The molecule has 1 aliphatic carbocycles. The molecule has 0 bridgehead atoms. The lowest BCUT2D eigenvalue weighted by Crippen LogP contribution is -2.08. The number of hydrogen-bond acceptors (Lipinski definition) is 4. The van der Waals surface area contributed by atoms with E-state index < -0.39 is 0 Å². The van der Waals surface area contributed by atoms with E-state index in [4.69, 9.17) is 11.0 Å². The van der Waals surface area contributed by atoms with E-state index in [-0.39, 0.29) is 11.5 Å². The van der Waals surface area contributed by atoms with Gasteiger partial charge in [-0.1, -0.05) is 32.1 Å². The smallest absolute Gasteiger partial charge is 0.183 e. The van der Waals surface area contributed by atoms with E-state index in [9.17, 15) is 0 Å². The van der Waals surface area contributed by atoms with E-state index in [1.807, 2.05) is 6.07 Å². The monoisotopic (exact) mass is 244 g/mol. The van der Waals surface area contributed by atoms with Crippen LogP contribution < -0.4 is 5.73 Å². The Bertz CT molecular complexity index is 448. The van der Waals surface area contributed by atoms with Crippen molar-refractivity contribution in [2.75, 3.05) is 5.73 Å². The molecular weight excluding hydrogens is 224 g/mol. The number of anilines is 1. The molecule has 0 aromatic carbocycles. The van der Waals surface area contributed by atoms with Gasteiger partial charge in [-0.15, -0.1) is 0 Å². The molecule has 0 unspecified atom stereocenters. The molecule has 4 nitrogen and oxygen atoms in total. The molecule has 1 aromatic rings. The Kier molecular flexibility index (Phi) is 4.52. The van der Waals surface area contributed by atoms with Gasteiger partial charge in [-0.2, -0.15) is 5.26 Å². The Balaban J connectivity index is 2.23. The Morgan fingerprint density at radius 3 is 1.89 bits per heavy atom. The standard InChI is InChI=1S/C14H20N4/c15-10-13-14(16)18-12-9-7-5-3-1-2-4-6-8-11(12)17-13/h1-9H2,(H2,16,18). The van der Waals surface area contributed by atoms with Crippen LogP contribution in [0.4, 0.5) is 5.82 Å². The summed E-state index contributed by atoms with van der Waals surface area (Å²) in [7, 11) is 0. The summed E-state index contributed by atoms with van der Waals surface area (Å²) >= 11 is 0. The molecule has 0 amide bonds. The molecule has 0 spiro atoms. The Morgan fingerprint density at radius 2 is 1.33 bits per heavy atom. The van der Waals surface area contributed by atoms with Crippen LogP contribution in [0.25, 0.3) is 0 Å². The van der Waals surface area contributed by atoms with Gasteiger partial charge in [-0.3, -0.25) is 0 Å². The number of aryl methyl sites for hydroxylation is 2. The molecule has 1 aliphatic rings. The topological polar surface area (TPSA) is 75.6 Å². The third-order valence-electron chi connectivity index (χ3n) is 3.51. The van der Waals surface area contributed by atoms with Crippen molar-refractivity contribution in [1.82, 2.24) is 9.97 Å². The summed E-state index contributed by atoms with van der Waals surface area (Å²) < 4.78 is 0. The van der Waals surface area contributed by atoms with Crippen LogP contribution in [0.3, 0.4) is 0 Å². The van der Waals surface area contributed by atoms with Gasteiger partial charge in [0.15, 0.2) is 11.5 Å². The number of nitriles is 1. The van der Waals surface area contributed by atoms with Gasteiger partial charge in [0.05, 0.1) is 11.4 Å². The predicted molar refractivity (Wildman–Crippen MR) is 70.9 cm³/mol. The normalized spacial score (nSPS) is 17.3. The zero-order valence-electron chi connectivity index (χ0n) is 10.8. The summed E-state index contributed by atoms with van der Waals surface area (Å²) in [4.78, 5) is 8.77. The molecule has 96 valence electrons. The van der Waals surface area contributed by atoms with E-state index in [2.05, 4.69) is 9.97 Å². The number of nitrogens with zero attached hydrogens (tertiary/aromatic N) is 3. The number of nitrogens with two attached hydrogens (primary N) is 1. The minimum Gasteiger partial charge on any atom is -0.381 e. The van der Waals surface area contributed by atoms with Gasteiger partial charge in [-0.05, 0) is 25.7 Å². The highest BCUT2D eigenvalue weighted by atomic mass is 14.9. The molecule has 0 fully saturated rings. The fourth-order valence-corrected chi connectivity index (χ4v) is 2.47. The second kappa shape index (κ2) is 6.34. The van der Waals surface area contributed by atoms with Gasteiger partial charge in [0.25, 0.3) is 0 Å². The SMILES string of the molecule is N#Cc1nc2c(nc1N)CCCCCCCCC2. The van der Waals surface area contributed by atoms with Crippen LogP contribution in [-0.2, 0) is 12.8 Å². The molecule has 1 aromatic heterocycles. The van der Waals surface area contributed by atoms with Crippen LogP contribution in [0.5, 0.6) is 0 Å². The van der Waals surface area contributed by atoms with Crippen LogP contribution in [-0.4, -0.2) is 9.97 Å². The van der Waals surface area contributed by atoms with Crippen LogP contribution >= 0.6 is 0 Å². The summed E-state index contributed by atoms with van der Waals surface area (Å²) in [5.41, 5.74) is 8.03. The van der Waals surface area contributed by atoms with Crippen molar-refractivity contribution in [3.05, 3.63) is 17.1 Å². The zero-order valence-corrected chi connectivity index (χ0v) is 10.8. The number of hydrogen-bond donors (Lipinski definition) is 1. The van der Waals surface area contributed by atoms with Gasteiger partial charge >= 0.3 is 0 Å². The van der Waals surface area contributed by atoms with E-state index >= 15 is 0 Å². The lowest BCUT2D eigenvalue weighted by molar-refractivity contribution is 0.586. The summed E-state index contributed by atoms with van der Waals surface area (Å²) in [6, 6.07) is 2.02. The lowest BCUT2D eigenvalue weighted by atomic mass is 10.1. The average Bonchev–Trinajstić information content (AvgIpc) is 2.42. The maximum atomic E-state index is 8.96. The maximum Gasteiger partial charge on any atom is 0.183 e. The second-order valence-electron chi connectivity index (χ2n) is 4.94. The molecule has 2 N–H and O–H groups in total. The van der Waals surface area contributed by atoms with Crippen molar-refractivity contribution in [2.45, 2.75) is 57.8 Å². The van der Waals surface area contributed by atoms with Gasteiger partial charge in [0.2, 0.25) is 0 Å². The van der Waals surface area contributed by atoms with Crippen molar-refractivity contribution in [3.63, 3.8) is 0 Å². The van der Waals surface area contributed by atoms with E-state index in [0.29, 0.717) is 0 Å². The summed E-state index contributed by atoms with van der Waals surface area (Å²) in [5, 5.41) is 8.96. The molecule has 0 saturated heterocycles. The first-order valence-electron chi connectivity index (χ1n) is 6.86. The molecule has 1 heterocycles. The lowest BCUT2D eigenvalue weighted by Gasteiger charge is -2.09. The van der Waals surface area contributed by atoms with Crippen molar-refractivity contribution < 1.29 is 0 Å². The number of nitrogen functional groups attached to an aromatic ring is 1. The third kappa shape index (κ3) is 3.19. The molecule has 0 radical (unpaired) electrons. The van der Waals surface area contributed by atoms with Gasteiger partial charge < -0.3 is 5.73 Å². The fraction of sp³-hybridized carbons (Fsp3) is 0.643. The first-order chi connectivity index (χ1) is 8.81. The number of fused-ring (bicyclic) bond motifs is 1. The van der Waals surface area contributed by atoms with Crippen molar-refractivity contribution in [3.8, 4) is 6.07 Å². The second-order valence-corrected chi connectivity index (χ2v) is 4.94. The molecule has 2 rings (SSSR count). The number of aromatic nitrogens is 2. The molecule has 4 heteroatoms. The van der Waals surface area contributed by atoms with Crippen molar-refractivity contribution in [1.29, 1.82) is 5.26 Å². The van der Waals surface area contributed by atoms with Crippen LogP contribution in [0, 0.1) is 11.3 Å². The number of rotatable bonds is 0. The largest absolute Gasteiger partial charge is 0.381 e. The first-order valence-corrected chi connectivity index (χ1v) is 6.86. The maximum absolute atomic E-state index is 8.96. The summed E-state index contributed by atoms with van der Waals surface area (Å²) in [6.45, 7) is 0. The van der Waals surface area contributed by atoms with Crippen molar-refractivity contribution in [2.24, 2.45) is 0 Å². The van der Waals surface area contributed by atoms with E-state index in [0.717, 1.165) is 37.1 Å². The average molecular weight is 244 g/mol. The minimum absolute atomic E-state index is 0.281. The molecule has 0 saturated carbocycles. The molecule has 0 atom stereocenters. The minimum atomic E-state index is 0.281. The summed E-state index contributed by atoms with van der Waals surface area (Å²) in [5.74, 6) is 0.283. The third-order valence-corrected chi connectivity index (χ3v) is 3.51. The highest BCUT2D eigenvalue weighted by Crippen LogP contribution is 2.18. The Labute approximate surface area is 108 Å². The van der Waals surface area contributed by atoms with E-state index in [1.165, 1.54) is 32.1 Å². The highest BCUT2D eigenvalue weighted by Gasteiger charge is 2.12. The molecule has 18 heavy (non-hydrogen) atoms. The summed E-state index contributed by atoms with van der Waals surface area (Å²) in [6.07, 6.45) is 10.6. The highest BCUT2D eigenvalue weighted by molar-refractivity contribution is 5.44. The molecular formula is C14H20N4. The predicted octanol–water partition coefficient (Wildman–Crippen LogP) is 2.76. The van der Waals surface area contributed by atoms with E-state index in [1.54, 1.807) is 0 Å². The molecule has 0 aliphatic heterocycles. The van der Waals surface area contributed by atoms with Crippen LogP contribution in [0.1, 0.15) is 62.0 Å². The Hall–Kier alpha value is -1.63. The van der Waals surface area contributed by atoms with Crippen LogP contribution in [0.15, 0.2) is 0 Å². The van der Waals surface area contributed by atoms with Crippen LogP contribution in [0.2, 0.25) is 0 Å². The fourth-order valence-electron chi connectivity index (χ4n) is 2.47. The first kappa shape index (κ1) is 12.8. The van der Waals surface area contributed by atoms with Gasteiger partial charge in [0.1, 0.15) is 6.07 Å².